The van der Waals surface area contributed by atoms with Crippen molar-refractivity contribution in [1.29, 1.82) is 0 Å². The van der Waals surface area contributed by atoms with Crippen molar-refractivity contribution < 1.29 is 0 Å². The third-order valence-corrected chi connectivity index (χ3v) is 4.75. The first-order valence-electron chi connectivity index (χ1n) is 8.62. The molecule has 4 nitrogen and oxygen atoms in total. The fourth-order valence-electron chi connectivity index (χ4n) is 3.36. The maximum absolute atomic E-state index is 4.31. The van der Waals surface area contributed by atoms with Crippen LogP contribution < -0.4 is 10.6 Å². The molecule has 0 unspecified atom stereocenters. The van der Waals surface area contributed by atoms with Crippen molar-refractivity contribution in [2.75, 3.05) is 27.2 Å². The quantitative estimate of drug-likeness (QED) is 0.342. The van der Waals surface area contributed by atoms with Crippen molar-refractivity contribution in [1.82, 2.24) is 15.5 Å². The summed E-state index contributed by atoms with van der Waals surface area (Å²) in [7, 11) is 4.14. The molecule has 4 heteroatoms. The summed E-state index contributed by atoms with van der Waals surface area (Å²) in [5, 5.41) is 6.92. The van der Waals surface area contributed by atoms with Gasteiger partial charge in [-0.05, 0) is 45.7 Å². The maximum Gasteiger partial charge on any atom is 0.191 e. The number of rotatable bonds is 6. The summed E-state index contributed by atoms with van der Waals surface area (Å²) in [4.78, 5) is 6.86. The second-order valence-electron chi connectivity index (χ2n) is 6.41. The first-order chi connectivity index (χ1) is 10.3. The molecule has 2 N–H and O–H groups in total. The molecule has 0 atom stereocenters. The van der Waals surface area contributed by atoms with E-state index < -0.39 is 0 Å². The normalized spacial score (nSPS) is 21.2. The van der Waals surface area contributed by atoms with Crippen molar-refractivity contribution in [3.63, 3.8) is 0 Å². The zero-order chi connectivity index (χ0) is 14.9. The fourth-order valence-corrected chi connectivity index (χ4v) is 3.36. The number of guanidine groups is 1. The van der Waals surface area contributed by atoms with Gasteiger partial charge in [0.05, 0.1) is 0 Å². The predicted octanol–water partition coefficient (Wildman–Crippen LogP) is 2.52. The molecule has 0 heterocycles. The molecule has 0 aromatic carbocycles. The SMILES string of the molecule is CN=C(NCCCN(C)C1CCCCC1)NC1CC=CC1. The van der Waals surface area contributed by atoms with E-state index >= 15 is 0 Å². The van der Waals surface area contributed by atoms with E-state index in [4.69, 9.17) is 0 Å². The molecule has 0 aliphatic heterocycles. The third-order valence-electron chi connectivity index (χ3n) is 4.75. The van der Waals surface area contributed by atoms with Gasteiger partial charge in [-0.3, -0.25) is 4.99 Å². The Kier molecular flexibility index (Phi) is 7.07. The zero-order valence-corrected chi connectivity index (χ0v) is 13.8. The first-order valence-corrected chi connectivity index (χ1v) is 8.62. The Hall–Kier alpha value is -1.03. The minimum absolute atomic E-state index is 0.529. The summed E-state index contributed by atoms with van der Waals surface area (Å²) >= 11 is 0. The van der Waals surface area contributed by atoms with Crippen LogP contribution in [0.4, 0.5) is 0 Å². The van der Waals surface area contributed by atoms with Crippen LogP contribution in [0, 0.1) is 0 Å². The second kappa shape index (κ2) is 9.08. The molecule has 21 heavy (non-hydrogen) atoms. The van der Waals surface area contributed by atoms with Crippen LogP contribution in [0.25, 0.3) is 0 Å². The van der Waals surface area contributed by atoms with Crippen LogP contribution in [0.1, 0.15) is 51.4 Å². The maximum atomic E-state index is 4.31. The third kappa shape index (κ3) is 5.70. The van der Waals surface area contributed by atoms with E-state index in [1.54, 1.807) is 0 Å². The van der Waals surface area contributed by atoms with E-state index in [0.717, 1.165) is 31.4 Å². The molecule has 1 fully saturated rings. The minimum atomic E-state index is 0.529. The summed E-state index contributed by atoms with van der Waals surface area (Å²) in [6, 6.07) is 1.35. The van der Waals surface area contributed by atoms with Crippen LogP contribution >= 0.6 is 0 Å². The number of nitrogens with zero attached hydrogens (tertiary/aromatic N) is 2. The lowest BCUT2D eigenvalue weighted by Crippen LogP contribution is -2.43. The Bertz CT molecular complexity index is 337. The van der Waals surface area contributed by atoms with E-state index in [0.29, 0.717) is 6.04 Å². The van der Waals surface area contributed by atoms with E-state index in [1.165, 1.54) is 45.1 Å². The molecule has 0 aromatic heterocycles. The molecule has 2 rings (SSSR count). The Morgan fingerprint density at radius 1 is 1.19 bits per heavy atom. The van der Waals surface area contributed by atoms with Crippen LogP contribution in [0.3, 0.4) is 0 Å². The van der Waals surface area contributed by atoms with Crippen LogP contribution in [0.2, 0.25) is 0 Å². The van der Waals surface area contributed by atoms with Crippen LogP contribution in [0.5, 0.6) is 0 Å². The molecule has 0 saturated heterocycles. The summed E-state index contributed by atoms with van der Waals surface area (Å²) in [6.45, 7) is 2.18. The molecule has 0 amide bonds. The Morgan fingerprint density at radius 3 is 2.57 bits per heavy atom. The number of hydrogen-bond donors (Lipinski definition) is 2. The van der Waals surface area contributed by atoms with Gasteiger partial charge in [-0.1, -0.05) is 31.4 Å². The van der Waals surface area contributed by atoms with Gasteiger partial charge in [0.15, 0.2) is 5.96 Å². The lowest BCUT2D eigenvalue weighted by atomic mass is 9.94. The highest BCUT2D eigenvalue weighted by Gasteiger charge is 2.17. The average molecular weight is 292 g/mol. The highest BCUT2D eigenvalue weighted by Crippen LogP contribution is 2.21. The molecule has 1 saturated carbocycles. The van der Waals surface area contributed by atoms with E-state index in [1.807, 2.05) is 7.05 Å². The lowest BCUT2D eigenvalue weighted by Gasteiger charge is -2.31. The van der Waals surface area contributed by atoms with Crippen molar-refractivity contribution in [2.45, 2.75) is 63.5 Å². The van der Waals surface area contributed by atoms with Gasteiger partial charge in [0.25, 0.3) is 0 Å². The average Bonchev–Trinajstić information content (AvgIpc) is 3.04. The van der Waals surface area contributed by atoms with Gasteiger partial charge in [-0.2, -0.15) is 0 Å². The smallest absolute Gasteiger partial charge is 0.191 e. The molecule has 2 aliphatic carbocycles. The largest absolute Gasteiger partial charge is 0.356 e. The Morgan fingerprint density at radius 2 is 1.90 bits per heavy atom. The van der Waals surface area contributed by atoms with Gasteiger partial charge < -0.3 is 15.5 Å². The van der Waals surface area contributed by atoms with Crippen molar-refractivity contribution in [2.24, 2.45) is 4.99 Å². The molecular formula is C17H32N4. The number of nitrogens with one attached hydrogen (secondary N) is 2. The zero-order valence-electron chi connectivity index (χ0n) is 13.8. The summed E-state index contributed by atoms with van der Waals surface area (Å²) in [5.74, 6) is 0.948. The van der Waals surface area contributed by atoms with Crippen LogP contribution in [0.15, 0.2) is 17.1 Å². The monoisotopic (exact) mass is 292 g/mol. The standard InChI is InChI=1S/C17H32N4/c1-18-17(20-15-9-6-7-10-15)19-13-8-14-21(2)16-11-4-3-5-12-16/h6-7,15-16H,3-5,8-14H2,1-2H3,(H2,18,19,20). The highest BCUT2D eigenvalue weighted by atomic mass is 15.2. The minimum Gasteiger partial charge on any atom is -0.356 e. The van der Waals surface area contributed by atoms with Crippen LogP contribution in [-0.2, 0) is 0 Å². The molecule has 2 aliphatic rings. The number of hydrogen-bond acceptors (Lipinski definition) is 2. The molecule has 0 spiro atoms. The van der Waals surface area contributed by atoms with Gasteiger partial charge >= 0.3 is 0 Å². The van der Waals surface area contributed by atoms with Gasteiger partial charge in [-0.25, -0.2) is 0 Å². The summed E-state index contributed by atoms with van der Waals surface area (Å²) < 4.78 is 0. The van der Waals surface area contributed by atoms with E-state index in [-0.39, 0.29) is 0 Å². The van der Waals surface area contributed by atoms with Crippen molar-refractivity contribution >= 4 is 5.96 Å². The van der Waals surface area contributed by atoms with Gasteiger partial charge in [0, 0.05) is 25.7 Å². The summed E-state index contributed by atoms with van der Waals surface area (Å²) in [5.41, 5.74) is 0. The van der Waals surface area contributed by atoms with Gasteiger partial charge in [-0.15, -0.1) is 0 Å². The first kappa shape index (κ1) is 16.3. The van der Waals surface area contributed by atoms with E-state index in [2.05, 4.69) is 39.7 Å². The lowest BCUT2D eigenvalue weighted by molar-refractivity contribution is 0.190. The Balaban J connectivity index is 1.57. The molecular weight excluding hydrogens is 260 g/mol. The molecule has 120 valence electrons. The number of aliphatic imine (C=N–C) groups is 1. The predicted molar refractivity (Wildman–Crippen MR) is 90.8 cm³/mol. The van der Waals surface area contributed by atoms with Crippen LogP contribution in [-0.4, -0.2) is 50.1 Å². The van der Waals surface area contributed by atoms with Crippen molar-refractivity contribution in [3.8, 4) is 0 Å². The van der Waals surface area contributed by atoms with Crippen molar-refractivity contribution in [3.05, 3.63) is 12.2 Å². The van der Waals surface area contributed by atoms with Gasteiger partial charge in [0.2, 0.25) is 0 Å². The molecule has 0 radical (unpaired) electrons. The fraction of sp³-hybridized carbons (Fsp3) is 0.824. The highest BCUT2D eigenvalue weighted by molar-refractivity contribution is 5.80. The second-order valence-corrected chi connectivity index (χ2v) is 6.41. The van der Waals surface area contributed by atoms with Gasteiger partial charge in [0.1, 0.15) is 0 Å². The molecule has 0 aromatic rings. The van der Waals surface area contributed by atoms with E-state index in [9.17, 15) is 0 Å². The topological polar surface area (TPSA) is 39.7 Å². The molecule has 0 bridgehead atoms. The summed E-state index contributed by atoms with van der Waals surface area (Å²) in [6.07, 6.45) is 14.9. The Labute approximate surface area is 130 Å².